The molecule has 5 nitrogen and oxygen atoms in total. The van der Waals surface area contributed by atoms with Crippen LogP contribution in [0.5, 0.6) is 0 Å². The molecule has 0 bridgehead atoms. The summed E-state index contributed by atoms with van der Waals surface area (Å²) in [6, 6.07) is 0.840. The molecule has 22 heavy (non-hydrogen) atoms. The summed E-state index contributed by atoms with van der Waals surface area (Å²) in [6.07, 6.45) is 6.13. The predicted molar refractivity (Wildman–Crippen MR) is 105 cm³/mol. The molecular formula is C16H35IN4O. The van der Waals surface area contributed by atoms with Crippen molar-refractivity contribution >= 4 is 29.9 Å². The van der Waals surface area contributed by atoms with E-state index in [4.69, 9.17) is 4.74 Å². The molecule has 0 heterocycles. The van der Waals surface area contributed by atoms with Gasteiger partial charge in [0.1, 0.15) is 0 Å². The smallest absolute Gasteiger partial charge is 0.191 e. The second-order valence-electron chi connectivity index (χ2n) is 5.61. The van der Waals surface area contributed by atoms with Gasteiger partial charge in [0.2, 0.25) is 0 Å². The number of aliphatic imine (C=N–C) groups is 1. The van der Waals surface area contributed by atoms with Crippen molar-refractivity contribution in [2.24, 2.45) is 4.99 Å². The lowest BCUT2D eigenvalue weighted by atomic mass is 10.4. The van der Waals surface area contributed by atoms with Crippen molar-refractivity contribution in [3.63, 3.8) is 0 Å². The molecule has 0 saturated heterocycles. The van der Waals surface area contributed by atoms with Gasteiger partial charge in [0.15, 0.2) is 5.96 Å². The van der Waals surface area contributed by atoms with Gasteiger partial charge in [0, 0.05) is 45.9 Å². The fourth-order valence-corrected chi connectivity index (χ4v) is 2.31. The highest BCUT2D eigenvalue weighted by Gasteiger charge is 2.27. The van der Waals surface area contributed by atoms with Gasteiger partial charge >= 0.3 is 0 Å². The van der Waals surface area contributed by atoms with E-state index in [9.17, 15) is 0 Å². The Bertz CT molecular complexity index is 285. The van der Waals surface area contributed by atoms with E-state index in [0.29, 0.717) is 0 Å². The molecule has 0 amide bonds. The first-order valence-corrected chi connectivity index (χ1v) is 8.58. The van der Waals surface area contributed by atoms with E-state index in [2.05, 4.69) is 34.4 Å². The summed E-state index contributed by atoms with van der Waals surface area (Å²) in [4.78, 5) is 6.80. The Labute approximate surface area is 153 Å². The van der Waals surface area contributed by atoms with Gasteiger partial charge in [-0.2, -0.15) is 0 Å². The van der Waals surface area contributed by atoms with Gasteiger partial charge in [0.05, 0.1) is 0 Å². The Kier molecular flexibility index (Phi) is 14.5. The normalized spacial score (nSPS) is 14.8. The summed E-state index contributed by atoms with van der Waals surface area (Å²) < 4.78 is 5.54. The van der Waals surface area contributed by atoms with Crippen LogP contribution in [-0.2, 0) is 4.74 Å². The average molecular weight is 426 g/mol. The van der Waals surface area contributed by atoms with Gasteiger partial charge in [-0.1, -0.05) is 20.3 Å². The quantitative estimate of drug-likeness (QED) is 0.218. The zero-order valence-electron chi connectivity index (χ0n) is 14.6. The molecule has 6 heteroatoms. The van der Waals surface area contributed by atoms with E-state index >= 15 is 0 Å². The number of guanidine groups is 1. The summed E-state index contributed by atoms with van der Waals surface area (Å²) in [5.74, 6) is 0.899. The first kappa shape index (κ1) is 21.9. The highest BCUT2D eigenvalue weighted by Crippen LogP contribution is 2.25. The first-order valence-electron chi connectivity index (χ1n) is 8.58. The number of rotatable bonds is 12. The largest absolute Gasteiger partial charge is 0.381 e. The number of likely N-dealkylation sites (N-methyl/N-ethyl adjacent to an activating group) is 1. The molecule has 132 valence electrons. The molecule has 0 unspecified atom stereocenters. The molecule has 0 atom stereocenters. The highest BCUT2D eigenvalue weighted by molar-refractivity contribution is 14.0. The fraction of sp³-hybridized carbons (Fsp3) is 0.938. The van der Waals surface area contributed by atoms with Crippen LogP contribution < -0.4 is 10.6 Å². The Balaban J connectivity index is 0.00000441. The van der Waals surface area contributed by atoms with Crippen LogP contribution >= 0.6 is 24.0 Å². The van der Waals surface area contributed by atoms with Crippen molar-refractivity contribution in [2.45, 2.75) is 52.0 Å². The Morgan fingerprint density at radius 3 is 2.41 bits per heavy atom. The lowest BCUT2D eigenvalue weighted by Crippen LogP contribution is -2.42. The second kappa shape index (κ2) is 14.5. The van der Waals surface area contributed by atoms with Crippen molar-refractivity contribution in [3.8, 4) is 0 Å². The van der Waals surface area contributed by atoms with Crippen LogP contribution in [0, 0.1) is 0 Å². The maximum Gasteiger partial charge on any atom is 0.191 e. The molecule has 2 N–H and O–H groups in total. The van der Waals surface area contributed by atoms with Crippen molar-refractivity contribution < 1.29 is 4.74 Å². The molecule has 0 spiro atoms. The van der Waals surface area contributed by atoms with Gasteiger partial charge in [0.25, 0.3) is 0 Å². The van der Waals surface area contributed by atoms with E-state index in [1.807, 2.05) is 7.05 Å². The zero-order chi connectivity index (χ0) is 15.3. The van der Waals surface area contributed by atoms with E-state index in [1.54, 1.807) is 0 Å². The Morgan fingerprint density at radius 1 is 1.14 bits per heavy atom. The van der Waals surface area contributed by atoms with Crippen LogP contribution in [0.1, 0.15) is 46.0 Å². The molecule has 1 fully saturated rings. The van der Waals surface area contributed by atoms with Gasteiger partial charge in [-0.25, -0.2) is 0 Å². The Morgan fingerprint density at radius 2 is 1.82 bits per heavy atom. The van der Waals surface area contributed by atoms with Gasteiger partial charge in [-0.15, -0.1) is 24.0 Å². The molecule has 0 aromatic carbocycles. The van der Waals surface area contributed by atoms with Crippen LogP contribution in [0.3, 0.4) is 0 Å². The SMILES string of the molecule is CCCCOCCCNC(=NC)NCCN(CC)C1CC1.I. The third-order valence-corrected chi connectivity index (χ3v) is 3.78. The standard InChI is InChI=1S/C16H34N4O.HI/c1-4-6-13-21-14-7-10-18-16(17-3)19-11-12-20(5-2)15-8-9-15;/h15H,4-14H2,1-3H3,(H2,17,18,19);1H. The van der Waals surface area contributed by atoms with Gasteiger partial charge in [-0.05, 0) is 32.2 Å². The Hall–Kier alpha value is -0.0800. The van der Waals surface area contributed by atoms with E-state index in [-0.39, 0.29) is 24.0 Å². The van der Waals surface area contributed by atoms with Crippen LogP contribution in [-0.4, -0.2) is 63.3 Å². The maximum absolute atomic E-state index is 5.54. The van der Waals surface area contributed by atoms with E-state index in [0.717, 1.165) is 64.2 Å². The predicted octanol–water partition coefficient (Wildman–Crippen LogP) is 2.46. The summed E-state index contributed by atoms with van der Waals surface area (Å²) in [6.45, 7) is 10.2. The summed E-state index contributed by atoms with van der Waals surface area (Å²) in [5.41, 5.74) is 0. The number of hydrogen-bond donors (Lipinski definition) is 2. The lowest BCUT2D eigenvalue weighted by Gasteiger charge is -2.20. The average Bonchev–Trinajstić information content (AvgIpc) is 3.33. The molecule has 1 aliphatic rings. The highest BCUT2D eigenvalue weighted by atomic mass is 127. The zero-order valence-corrected chi connectivity index (χ0v) is 16.9. The van der Waals surface area contributed by atoms with Crippen molar-refractivity contribution in [1.29, 1.82) is 0 Å². The number of unbranched alkanes of at least 4 members (excludes halogenated alkanes) is 1. The lowest BCUT2D eigenvalue weighted by molar-refractivity contribution is 0.129. The molecular weight excluding hydrogens is 391 g/mol. The van der Waals surface area contributed by atoms with Gasteiger partial charge < -0.3 is 15.4 Å². The molecule has 1 aliphatic carbocycles. The molecule has 1 saturated carbocycles. The minimum atomic E-state index is 0. The molecule has 1 rings (SSSR count). The number of halogens is 1. The van der Waals surface area contributed by atoms with Crippen LogP contribution in [0.4, 0.5) is 0 Å². The number of hydrogen-bond acceptors (Lipinski definition) is 3. The monoisotopic (exact) mass is 426 g/mol. The first-order chi connectivity index (χ1) is 10.3. The van der Waals surface area contributed by atoms with Crippen LogP contribution in [0.15, 0.2) is 4.99 Å². The van der Waals surface area contributed by atoms with Crippen LogP contribution in [0.25, 0.3) is 0 Å². The maximum atomic E-state index is 5.54. The molecule has 0 aromatic heterocycles. The third kappa shape index (κ3) is 10.6. The van der Waals surface area contributed by atoms with Crippen molar-refractivity contribution in [3.05, 3.63) is 0 Å². The summed E-state index contributed by atoms with van der Waals surface area (Å²) >= 11 is 0. The second-order valence-corrected chi connectivity index (χ2v) is 5.61. The summed E-state index contributed by atoms with van der Waals surface area (Å²) in [5, 5.41) is 6.72. The number of ether oxygens (including phenoxy) is 1. The fourth-order valence-electron chi connectivity index (χ4n) is 2.31. The van der Waals surface area contributed by atoms with E-state index < -0.39 is 0 Å². The molecule has 0 radical (unpaired) electrons. The van der Waals surface area contributed by atoms with E-state index in [1.165, 1.54) is 19.3 Å². The minimum absolute atomic E-state index is 0. The third-order valence-electron chi connectivity index (χ3n) is 3.78. The number of nitrogens with zero attached hydrogens (tertiary/aromatic N) is 2. The van der Waals surface area contributed by atoms with Crippen molar-refractivity contribution in [2.75, 3.05) is 46.4 Å². The molecule has 0 aliphatic heterocycles. The van der Waals surface area contributed by atoms with Crippen molar-refractivity contribution in [1.82, 2.24) is 15.5 Å². The minimum Gasteiger partial charge on any atom is -0.381 e. The molecule has 0 aromatic rings. The topological polar surface area (TPSA) is 48.9 Å². The number of nitrogens with one attached hydrogen (secondary N) is 2. The van der Waals surface area contributed by atoms with Gasteiger partial charge in [-0.3, -0.25) is 9.89 Å². The summed E-state index contributed by atoms with van der Waals surface area (Å²) in [7, 11) is 1.82. The van der Waals surface area contributed by atoms with Crippen LogP contribution in [0.2, 0.25) is 0 Å².